The zero-order chi connectivity index (χ0) is 55.7. The predicted octanol–water partition coefficient (Wildman–Crippen LogP) is 23.1. The van der Waals surface area contributed by atoms with Crippen LogP contribution in [0.4, 0.5) is 0 Å². The van der Waals surface area contributed by atoms with E-state index in [1.54, 1.807) is 0 Å². The summed E-state index contributed by atoms with van der Waals surface area (Å²) >= 11 is 0. The summed E-state index contributed by atoms with van der Waals surface area (Å²) in [7, 11) is 0. The highest BCUT2D eigenvalue weighted by Gasteiger charge is 2.19. The number of carbonyl (C=O) groups excluding carboxylic acids is 3. The van der Waals surface area contributed by atoms with Crippen LogP contribution in [0.2, 0.25) is 0 Å². The van der Waals surface area contributed by atoms with E-state index in [4.69, 9.17) is 14.2 Å². The normalized spacial score (nSPS) is 12.4. The van der Waals surface area contributed by atoms with Crippen molar-refractivity contribution in [3.05, 3.63) is 60.8 Å². The molecule has 0 aliphatic heterocycles. The van der Waals surface area contributed by atoms with E-state index in [0.717, 1.165) is 77.0 Å². The second-order valence-electron chi connectivity index (χ2n) is 22.7. The molecule has 0 saturated heterocycles. The number of esters is 3. The Labute approximate surface area is 479 Å². The average molecular weight is 1080 g/mol. The molecule has 1 atom stereocenters. The fourth-order valence-corrected chi connectivity index (χ4v) is 9.99. The number of hydrogen-bond donors (Lipinski definition) is 0. The third-order valence-corrected chi connectivity index (χ3v) is 15.0. The average Bonchev–Trinajstić information content (AvgIpc) is 3.43. The van der Waals surface area contributed by atoms with Gasteiger partial charge in [0.1, 0.15) is 13.2 Å². The van der Waals surface area contributed by atoms with Gasteiger partial charge in [0.25, 0.3) is 0 Å². The standard InChI is InChI=1S/C71H128O6/c1-4-7-10-13-16-19-22-25-27-28-29-30-31-32-33-34-35-36-37-38-39-40-41-42-44-46-49-52-55-58-61-64-70(73)76-67-68(66-75-69(72)63-60-57-54-51-48-45-24-21-18-15-12-9-6-3)77-71(74)65-62-59-56-53-50-47-43-26-23-20-17-14-11-8-5-2/h9,12,18,21,26,43,45,48,54,57,68H,4-8,10-11,13-17,19-20,22-25,27-42,44,46-47,49-53,55-56,58-67H2,1-3H3/b12-9-,21-18-,43-26-,48-45-,57-54-. The molecule has 77 heavy (non-hydrogen) atoms. The Bertz CT molecular complexity index is 1380. The largest absolute Gasteiger partial charge is 0.462 e. The lowest BCUT2D eigenvalue weighted by Gasteiger charge is -2.18. The van der Waals surface area contributed by atoms with Gasteiger partial charge in [0.2, 0.25) is 0 Å². The van der Waals surface area contributed by atoms with Gasteiger partial charge in [0, 0.05) is 19.3 Å². The molecular weight excluding hydrogens is 949 g/mol. The second-order valence-corrected chi connectivity index (χ2v) is 22.7. The van der Waals surface area contributed by atoms with Crippen molar-refractivity contribution >= 4 is 17.9 Å². The van der Waals surface area contributed by atoms with Crippen LogP contribution in [0.5, 0.6) is 0 Å². The van der Waals surface area contributed by atoms with Gasteiger partial charge in [-0.3, -0.25) is 14.4 Å². The molecule has 6 nitrogen and oxygen atoms in total. The molecule has 0 fully saturated rings. The van der Waals surface area contributed by atoms with Gasteiger partial charge in [-0.05, 0) is 70.6 Å². The molecule has 0 amide bonds. The number of ether oxygens (including phenoxy) is 3. The van der Waals surface area contributed by atoms with Crippen LogP contribution in [0, 0.1) is 0 Å². The van der Waals surface area contributed by atoms with Gasteiger partial charge >= 0.3 is 17.9 Å². The van der Waals surface area contributed by atoms with Crippen LogP contribution in [0.3, 0.4) is 0 Å². The van der Waals surface area contributed by atoms with E-state index in [1.165, 1.54) is 231 Å². The van der Waals surface area contributed by atoms with Crippen LogP contribution in [0.25, 0.3) is 0 Å². The van der Waals surface area contributed by atoms with E-state index in [9.17, 15) is 14.4 Å². The van der Waals surface area contributed by atoms with Crippen molar-refractivity contribution in [1.82, 2.24) is 0 Å². The fourth-order valence-electron chi connectivity index (χ4n) is 9.99. The SMILES string of the molecule is CC/C=C\C/C=C\C/C=C\C/C=C\CCC(=O)OCC(COC(=O)CCCCCCCCCCCCCCCCCCCCCCCCCCCCCCCCC)OC(=O)CCCCCCC/C=C\CCCCCCCC. The zero-order valence-electron chi connectivity index (χ0n) is 51.5. The van der Waals surface area contributed by atoms with Crippen molar-refractivity contribution in [3.8, 4) is 0 Å². The monoisotopic (exact) mass is 1080 g/mol. The molecule has 0 rings (SSSR count). The molecule has 0 aromatic carbocycles. The van der Waals surface area contributed by atoms with Crippen LogP contribution >= 0.6 is 0 Å². The first kappa shape index (κ1) is 74.1. The molecule has 1 unspecified atom stereocenters. The van der Waals surface area contributed by atoms with Crippen molar-refractivity contribution in [2.45, 2.75) is 361 Å². The summed E-state index contributed by atoms with van der Waals surface area (Å²) in [5, 5.41) is 0. The lowest BCUT2D eigenvalue weighted by Crippen LogP contribution is -2.30. The molecule has 0 bridgehead atoms. The third kappa shape index (κ3) is 63.8. The van der Waals surface area contributed by atoms with E-state index >= 15 is 0 Å². The topological polar surface area (TPSA) is 78.9 Å². The summed E-state index contributed by atoms with van der Waals surface area (Å²) in [4.78, 5) is 38.2. The van der Waals surface area contributed by atoms with Crippen molar-refractivity contribution in [3.63, 3.8) is 0 Å². The molecule has 0 N–H and O–H groups in total. The quantitative estimate of drug-likeness (QED) is 0.0261. The van der Waals surface area contributed by atoms with Crippen molar-refractivity contribution in [1.29, 1.82) is 0 Å². The maximum Gasteiger partial charge on any atom is 0.306 e. The lowest BCUT2D eigenvalue weighted by atomic mass is 10.0. The Morgan fingerprint density at radius 2 is 0.532 bits per heavy atom. The molecule has 0 spiro atoms. The molecule has 6 heteroatoms. The highest BCUT2D eigenvalue weighted by Crippen LogP contribution is 2.18. The van der Waals surface area contributed by atoms with Gasteiger partial charge in [0.15, 0.2) is 6.10 Å². The van der Waals surface area contributed by atoms with E-state index in [-0.39, 0.29) is 37.5 Å². The number of rotatable bonds is 62. The van der Waals surface area contributed by atoms with E-state index in [0.29, 0.717) is 19.3 Å². The Kier molecular flexibility index (Phi) is 63.2. The van der Waals surface area contributed by atoms with Gasteiger partial charge in [-0.1, -0.05) is 326 Å². The lowest BCUT2D eigenvalue weighted by molar-refractivity contribution is -0.166. The summed E-state index contributed by atoms with van der Waals surface area (Å²) in [6.45, 7) is 6.50. The summed E-state index contributed by atoms with van der Waals surface area (Å²) in [6.07, 6.45) is 84.3. The first-order chi connectivity index (χ1) is 38.0. The molecule has 0 aromatic rings. The highest BCUT2D eigenvalue weighted by atomic mass is 16.6. The molecule has 0 aliphatic carbocycles. The molecule has 0 saturated carbocycles. The van der Waals surface area contributed by atoms with E-state index < -0.39 is 6.10 Å². The van der Waals surface area contributed by atoms with Gasteiger partial charge < -0.3 is 14.2 Å². The van der Waals surface area contributed by atoms with Crippen molar-refractivity contribution < 1.29 is 28.6 Å². The number of unbranched alkanes of at least 4 members (excludes halogenated alkanes) is 41. The summed E-state index contributed by atoms with van der Waals surface area (Å²) in [5.74, 6) is -0.974. The molecule has 0 aliphatic rings. The number of carbonyl (C=O) groups is 3. The Balaban J connectivity index is 4.15. The first-order valence-corrected chi connectivity index (χ1v) is 33.8. The van der Waals surface area contributed by atoms with Gasteiger partial charge in [-0.25, -0.2) is 0 Å². The first-order valence-electron chi connectivity index (χ1n) is 33.8. The van der Waals surface area contributed by atoms with E-state index in [1.807, 2.05) is 6.08 Å². The highest BCUT2D eigenvalue weighted by molar-refractivity contribution is 5.71. The summed E-state index contributed by atoms with van der Waals surface area (Å²) in [6, 6.07) is 0. The van der Waals surface area contributed by atoms with Crippen LogP contribution in [-0.2, 0) is 28.6 Å². The molecule has 448 valence electrons. The minimum atomic E-state index is -0.806. The van der Waals surface area contributed by atoms with Gasteiger partial charge in [-0.2, -0.15) is 0 Å². The third-order valence-electron chi connectivity index (χ3n) is 15.0. The van der Waals surface area contributed by atoms with Crippen LogP contribution in [0.1, 0.15) is 355 Å². The Morgan fingerprint density at radius 3 is 0.870 bits per heavy atom. The van der Waals surface area contributed by atoms with Crippen molar-refractivity contribution in [2.75, 3.05) is 13.2 Å². The summed E-state index contributed by atoms with van der Waals surface area (Å²) < 4.78 is 16.8. The predicted molar refractivity (Wildman–Crippen MR) is 335 cm³/mol. The maximum absolute atomic E-state index is 12.9. The minimum Gasteiger partial charge on any atom is -0.462 e. The van der Waals surface area contributed by atoms with E-state index in [2.05, 4.69) is 75.5 Å². The molecule has 0 radical (unpaired) electrons. The summed E-state index contributed by atoms with van der Waals surface area (Å²) in [5.41, 5.74) is 0. The fraction of sp³-hybridized carbons (Fsp3) is 0.817. The molecular formula is C71H128O6. The van der Waals surface area contributed by atoms with Crippen LogP contribution in [-0.4, -0.2) is 37.2 Å². The van der Waals surface area contributed by atoms with Gasteiger partial charge in [0.05, 0.1) is 0 Å². The smallest absolute Gasteiger partial charge is 0.306 e. The Hall–Kier alpha value is -2.89. The van der Waals surface area contributed by atoms with Crippen LogP contribution in [0.15, 0.2) is 60.8 Å². The Morgan fingerprint density at radius 1 is 0.273 bits per heavy atom. The number of hydrogen-bond acceptors (Lipinski definition) is 6. The maximum atomic E-state index is 12.9. The van der Waals surface area contributed by atoms with Crippen molar-refractivity contribution in [2.24, 2.45) is 0 Å². The van der Waals surface area contributed by atoms with Gasteiger partial charge in [-0.15, -0.1) is 0 Å². The second kappa shape index (κ2) is 65.6. The molecule has 0 aromatic heterocycles. The minimum absolute atomic E-state index is 0.0965. The van der Waals surface area contributed by atoms with Crippen LogP contribution < -0.4 is 0 Å². The number of allylic oxidation sites excluding steroid dienone is 10. The zero-order valence-corrected chi connectivity index (χ0v) is 51.5. The molecule has 0 heterocycles.